The molecule has 5 nitrogen and oxygen atoms in total. The fourth-order valence-corrected chi connectivity index (χ4v) is 3.67. The van der Waals surface area contributed by atoms with Gasteiger partial charge in [0.15, 0.2) is 0 Å². The number of nitrogens with zero attached hydrogens (tertiary/aromatic N) is 2. The van der Waals surface area contributed by atoms with Crippen LogP contribution in [0.15, 0.2) is 108 Å². The van der Waals surface area contributed by atoms with Gasteiger partial charge in [0.05, 0.1) is 6.54 Å². The molecule has 152 valence electrons. The molecule has 0 fully saturated rings. The standard InChI is InChI=1S/C26H21N3O2/c30-26(21-13-11-19(12-14-21)18-29-16-6-15-27-29)28-25(20-7-2-1-3-8-20)24-17-22-9-4-5-10-23(22)31-24/h1-17,25H,18H2,(H,28,30). The van der Waals surface area contributed by atoms with Crippen LogP contribution in [0, 0.1) is 0 Å². The predicted molar refractivity (Wildman–Crippen MR) is 120 cm³/mol. The molecule has 2 aromatic heterocycles. The Morgan fingerprint density at radius 2 is 1.71 bits per heavy atom. The maximum atomic E-state index is 13.1. The first kappa shape index (κ1) is 18.9. The molecular formula is C26H21N3O2. The molecule has 1 atom stereocenters. The van der Waals surface area contributed by atoms with E-state index < -0.39 is 0 Å². The second kappa shape index (κ2) is 8.32. The van der Waals surface area contributed by atoms with Gasteiger partial charge >= 0.3 is 0 Å². The summed E-state index contributed by atoms with van der Waals surface area (Å²) in [7, 11) is 0. The zero-order valence-electron chi connectivity index (χ0n) is 16.8. The topological polar surface area (TPSA) is 60.1 Å². The summed E-state index contributed by atoms with van der Waals surface area (Å²) in [5.74, 6) is 0.552. The molecule has 3 aromatic carbocycles. The van der Waals surface area contributed by atoms with E-state index in [2.05, 4.69) is 10.4 Å². The molecule has 2 heterocycles. The lowest BCUT2D eigenvalue weighted by molar-refractivity contribution is 0.0939. The van der Waals surface area contributed by atoms with Gasteiger partial charge in [-0.15, -0.1) is 0 Å². The van der Waals surface area contributed by atoms with Crippen LogP contribution in [0.1, 0.15) is 33.3 Å². The second-order valence-corrected chi connectivity index (χ2v) is 7.40. The van der Waals surface area contributed by atoms with Crippen molar-refractivity contribution in [3.8, 4) is 0 Å². The van der Waals surface area contributed by atoms with E-state index in [9.17, 15) is 4.79 Å². The number of nitrogens with one attached hydrogen (secondary N) is 1. The average Bonchev–Trinajstić information content (AvgIpc) is 3.48. The minimum absolute atomic E-state index is 0.153. The van der Waals surface area contributed by atoms with Crippen molar-refractivity contribution in [3.05, 3.63) is 126 Å². The first-order valence-electron chi connectivity index (χ1n) is 10.2. The summed E-state index contributed by atoms with van der Waals surface area (Å²) in [6.07, 6.45) is 3.67. The van der Waals surface area contributed by atoms with Crippen molar-refractivity contribution < 1.29 is 9.21 Å². The molecule has 5 heteroatoms. The van der Waals surface area contributed by atoms with Gasteiger partial charge in [-0.05, 0) is 41.5 Å². The van der Waals surface area contributed by atoms with E-state index in [1.165, 1.54) is 0 Å². The SMILES string of the molecule is O=C(NC(c1ccccc1)c1cc2ccccc2o1)c1ccc(Cn2cccn2)cc1. The maximum Gasteiger partial charge on any atom is 0.252 e. The summed E-state index contributed by atoms with van der Waals surface area (Å²) >= 11 is 0. The lowest BCUT2D eigenvalue weighted by Gasteiger charge is -2.17. The highest BCUT2D eigenvalue weighted by Gasteiger charge is 2.21. The monoisotopic (exact) mass is 407 g/mol. The van der Waals surface area contributed by atoms with Gasteiger partial charge in [0, 0.05) is 23.3 Å². The number of carbonyl (C=O) groups excluding carboxylic acids is 1. The van der Waals surface area contributed by atoms with Crippen molar-refractivity contribution in [1.29, 1.82) is 0 Å². The minimum atomic E-state index is -0.384. The number of carbonyl (C=O) groups is 1. The summed E-state index contributed by atoms with van der Waals surface area (Å²) in [6.45, 7) is 0.667. The Balaban J connectivity index is 1.40. The highest BCUT2D eigenvalue weighted by atomic mass is 16.3. The molecule has 0 saturated carbocycles. The van der Waals surface area contributed by atoms with Crippen LogP contribution in [-0.2, 0) is 6.54 Å². The predicted octanol–water partition coefficient (Wildman–Crippen LogP) is 5.20. The Morgan fingerprint density at radius 3 is 2.45 bits per heavy atom. The van der Waals surface area contributed by atoms with Crippen LogP contribution < -0.4 is 5.32 Å². The fourth-order valence-electron chi connectivity index (χ4n) is 3.67. The number of amides is 1. The molecule has 1 amide bonds. The molecule has 1 N–H and O–H groups in total. The van der Waals surface area contributed by atoms with Crippen molar-refractivity contribution in [2.24, 2.45) is 0 Å². The van der Waals surface area contributed by atoms with Gasteiger partial charge in [-0.3, -0.25) is 9.48 Å². The van der Waals surface area contributed by atoms with E-state index in [0.29, 0.717) is 17.9 Å². The number of para-hydroxylation sites is 1. The number of hydrogen-bond acceptors (Lipinski definition) is 3. The molecule has 0 aliphatic carbocycles. The molecular weight excluding hydrogens is 386 g/mol. The molecule has 0 spiro atoms. The van der Waals surface area contributed by atoms with E-state index in [1.54, 1.807) is 6.20 Å². The lowest BCUT2D eigenvalue weighted by Crippen LogP contribution is -2.29. The number of rotatable bonds is 6. The van der Waals surface area contributed by atoms with Crippen LogP contribution in [-0.4, -0.2) is 15.7 Å². The van der Waals surface area contributed by atoms with Gasteiger partial charge < -0.3 is 9.73 Å². The molecule has 0 saturated heterocycles. The minimum Gasteiger partial charge on any atom is -0.459 e. The smallest absolute Gasteiger partial charge is 0.252 e. The third-order valence-electron chi connectivity index (χ3n) is 5.26. The van der Waals surface area contributed by atoms with Gasteiger partial charge in [0.1, 0.15) is 17.4 Å². The molecule has 0 aliphatic heterocycles. The highest BCUT2D eigenvalue weighted by Crippen LogP contribution is 2.28. The molecule has 1 unspecified atom stereocenters. The van der Waals surface area contributed by atoms with E-state index >= 15 is 0 Å². The van der Waals surface area contributed by atoms with Crippen molar-refractivity contribution in [3.63, 3.8) is 0 Å². The van der Waals surface area contributed by atoms with Crippen LogP contribution in [0.2, 0.25) is 0 Å². The zero-order chi connectivity index (χ0) is 21.0. The molecule has 31 heavy (non-hydrogen) atoms. The normalized spacial score (nSPS) is 12.0. The Labute approximate surface area is 179 Å². The lowest BCUT2D eigenvalue weighted by atomic mass is 10.0. The third-order valence-corrected chi connectivity index (χ3v) is 5.26. The quantitative estimate of drug-likeness (QED) is 0.421. The van der Waals surface area contributed by atoms with Crippen molar-refractivity contribution in [2.45, 2.75) is 12.6 Å². The summed E-state index contributed by atoms with van der Waals surface area (Å²) in [5, 5.41) is 8.37. The largest absolute Gasteiger partial charge is 0.459 e. The van der Waals surface area contributed by atoms with Crippen molar-refractivity contribution >= 4 is 16.9 Å². The Kier molecular flexibility index (Phi) is 5.07. The Hall–Kier alpha value is -4.12. The van der Waals surface area contributed by atoms with Crippen molar-refractivity contribution in [1.82, 2.24) is 15.1 Å². The van der Waals surface area contributed by atoms with Gasteiger partial charge in [-0.1, -0.05) is 60.7 Å². The van der Waals surface area contributed by atoms with Crippen LogP contribution in [0.25, 0.3) is 11.0 Å². The first-order chi connectivity index (χ1) is 15.3. The molecule has 0 radical (unpaired) electrons. The van der Waals surface area contributed by atoms with Crippen LogP contribution in [0.5, 0.6) is 0 Å². The zero-order valence-corrected chi connectivity index (χ0v) is 16.8. The number of fused-ring (bicyclic) bond motifs is 1. The van der Waals surface area contributed by atoms with E-state index in [4.69, 9.17) is 4.42 Å². The fraction of sp³-hybridized carbons (Fsp3) is 0.0769. The molecule has 0 aliphatic rings. The van der Waals surface area contributed by atoms with Gasteiger partial charge in [-0.25, -0.2) is 0 Å². The average molecular weight is 407 g/mol. The Bertz CT molecular complexity index is 1260. The van der Waals surface area contributed by atoms with Crippen LogP contribution >= 0.6 is 0 Å². The van der Waals surface area contributed by atoms with Crippen molar-refractivity contribution in [2.75, 3.05) is 0 Å². The summed E-state index contributed by atoms with van der Waals surface area (Å²) in [5.41, 5.74) is 3.44. The number of aromatic nitrogens is 2. The van der Waals surface area contributed by atoms with Gasteiger partial charge in [-0.2, -0.15) is 5.10 Å². The second-order valence-electron chi connectivity index (χ2n) is 7.40. The van der Waals surface area contributed by atoms with E-state index in [0.717, 1.165) is 22.1 Å². The number of hydrogen-bond donors (Lipinski definition) is 1. The maximum absolute atomic E-state index is 13.1. The third kappa shape index (κ3) is 4.12. The highest BCUT2D eigenvalue weighted by molar-refractivity contribution is 5.94. The Morgan fingerprint density at radius 1 is 0.935 bits per heavy atom. The summed E-state index contributed by atoms with van der Waals surface area (Å²) < 4.78 is 7.92. The molecule has 5 aromatic rings. The molecule has 0 bridgehead atoms. The van der Waals surface area contributed by atoms with Crippen LogP contribution in [0.3, 0.4) is 0 Å². The number of benzene rings is 3. The van der Waals surface area contributed by atoms with E-state index in [-0.39, 0.29) is 11.9 Å². The summed E-state index contributed by atoms with van der Waals surface area (Å²) in [4.78, 5) is 13.1. The van der Waals surface area contributed by atoms with Gasteiger partial charge in [0.25, 0.3) is 5.91 Å². The summed E-state index contributed by atoms with van der Waals surface area (Å²) in [6, 6.07) is 28.8. The van der Waals surface area contributed by atoms with Crippen LogP contribution in [0.4, 0.5) is 0 Å². The number of furan rings is 1. The van der Waals surface area contributed by atoms with Gasteiger partial charge in [0.2, 0.25) is 0 Å². The van der Waals surface area contributed by atoms with E-state index in [1.807, 2.05) is 102 Å². The first-order valence-corrected chi connectivity index (χ1v) is 10.2. The molecule has 5 rings (SSSR count).